The molecule has 0 amide bonds. The molecule has 1 heterocycles. The lowest BCUT2D eigenvalue weighted by molar-refractivity contribution is -0.143. The Kier molecular flexibility index (Phi) is 4.77. The first-order valence-electron chi connectivity index (χ1n) is 7.25. The van der Waals surface area contributed by atoms with Crippen LogP contribution in [0.3, 0.4) is 0 Å². The van der Waals surface area contributed by atoms with Crippen LogP contribution < -0.4 is 5.32 Å². The zero-order valence-corrected chi connectivity index (χ0v) is 14.8. The molecule has 0 saturated heterocycles. The first-order chi connectivity index (χ1) is 12.9. The summed E-state index contributed by atoms with van der Waals surface area (Å²) >= 11 is 2.85. The standard InChI is InChI=1S/C16H6BrF6N3O2/c17-10-12(13(27)9-4-24-5-25-11(9)14(10)28)26-8-2-6(15(18,19)20)1-7(3-8)16(21,22)23/h1-5,26H. The Morgan fingerprint density at radius 3 is 2.00 bits per heavy atom. The minimum atomic E-state index is -5.06. The molecule has 1 aliphatic carbocycles. The van der Waals surface area contributed by atoms with Crippen molar-refractivity contribution in [1.29, 1.82) is 0 Å². The molecule has 0 bridgehead atoms. The van der Waals surface area contributed by atoms with E-state index in [1.54, 1.807) is 0 Å². The molecule has 0 saturated carbocycles. The normalized spacial score (nSPS) is 15.0. The minimum absolute atomic E-state index is 0.0500. The van der Waals surface area contributed by atoms with Crippen molar-refractivity contribution < 1.29 is 35.9 Å². The third-order valence-electron chi connectivity index (χ3n) is 3.67. The minimum Gasteiger partial charge on any atom is -0.351 e. The quantitative estimate of drug-likeness (QED) is 0.655. The van der Waals surface area contributed by atoms with Crippen molar-refractivity contribution in [2.24, 2.45) is 0 Å². The van der Waals surface area contributed by atoms with E-state index in [9.17, 15) is 35.9 Å². The van der Waals surface area contributed by atoms with Gasteiger partial charge in [-0.2, -0.15) is 26.3 Å². The highest BCUT2D eigenvalue weighted by atomic mass is 79.9. The summed E-state index contributed by atoms with van der Waals surface area (Å²) in [6, 6.07) is 0.750. The van der Waals surface area contributed by atoms with Gasteiger partial charge in [0.2, 0.25) is 11.6 Å². The van der Waals surface area contributed by atoms with Crippen molar-refractivity contribution in [3.63, 3.8) is 0 Å². The molecular formula is C16H6BrF6N3O2. The van der Waals surface area contributed by atoms with Crippen molar-refractivity contribution in [1.82, 2.24) is 9.97 Å². The van der Waals surface area contributed by atoms with Gasteiger partial charge in [0.1, 0.15) is 17.7 Å². The topological polar surface area (TPSA) is 72.0 Å². The first kappa shape index (κ1) is 20.0. The molecule has 0 radical (unpaired) electrons. The summed E-state index contributed by atoms with van der Waals surface area (Å²) < 4.78 is 77.5. The number of fused-ring (bicyclic) bond motifs is 1. The van der Waals surface area contributed by atoms with E-state index in [-0.39, 0.29) is 21.8 Å². The molecule has 1 N–H and O–H groups in total. The number of hydrogen-bond acceptors (Lipinski definition) is 5. The summed E-state index contributed by atoms with van der Waals surface area (Å²) in [6.45, 7) is 0. The molecule has 28 heavy (non-hydrogen) atoms. The van der Waals surface area contributed by atoms with Crippen LogP contribution in [-0.4, -0.2) is 21.5 Å². The molecule has 1 aliphatic rings. The Balaban J connectivity index is 2.10. The number of nitrogens with zero attached hydrogens (tertiary/aromatic N) is 2. The highest BCUT2D eigenvalue weighted by Gasteiger charge is 2.38. The van der Waals surface area contributed by atoms with Crippen LogP contribution in [0, 0.1) is 0 Å². The van der Waals surface area contributed by atoms with Crippen molar-refractivity contribution in [2.75, 3.05) is 5.32 Å². The molecule has 0 aliphatic heterocycles. The van der Waals surface area contributed by atoms with Gasteiger partial charge in [0, 0.05) is 11.9 Å². The Morgan fingerprint density at radius 1 is 0.893 bits per heavy atom. The number of alkyl halides is 6. The van der Waals surface area contributed by atoms with Gasteiger partial charge >= 0.3 is 12.4 Å². The van der Waals surface area contributed by atoms with Crippen LogP contribution in [-0.2, 0) is 12.4 Å². The van der Waals surface area contributed by atoms with E-state index in [1.807, 2.05) is 0 Å². The van der Waals surface area contributed by atoms with Gasteiger partial charge in [0.25, 0.3) is 0 Å². The fraction of sp³-hybridized carbons (Fsp3) is 0.125. The van der Waals surface area contributed by atoms with Crippen LogP contribution in [0.25, 0.3) is 0 Å². The highest BCUT2D eigenvalue weighted by molar-refractivity contribution is 9.12. The van der Waals surface area contributed by atoms with E-state index in [0.717, 1.165) is 12.5 Å². The number of benzene rings is 1. The number of hydrogen-bond donors (Lipinski definition) is 1. The first-order valence-corrected chi connectivity index (χ1v) is 8.04. The number of carbonyl (C=O) groups excluding carboxylic acids is 2. The highest BCUT2D eigenvalue weighted by Crippen LogP contribution is 2.38. The molecule has 3 rings (SSSR count). The number of carbonyl (C=O) groups is 2. The van der Waals surface area contributed by atoms with E-state index in [4.69, 9.17) is 0 Å². The van der Waals surface area contributed by atoms with Crippen LogP contribution in [0.4, 0.5) is 32.0 Å². The van der Waals surface area contributed by atoms with Gasteiger partial charge in [-0.05, 0) is 34.1 Å². The summed E-state index contributed by atoms with van der Waals surface area (Å²) in [4.78, 5) is 32.0. The number of allylic oxidation sites excluding steroid dienone is 2. The SMILES string of the molecule is O=C1C(Nc2cc(C(F)(F)F)cc(C(F)(F)F)c2)=C(Br)C(=O)c2ncncc21. The molecule has 5 nitrogen and oxygen atoms in total. The van der Waals surface area contributed by atoms with E-state index in [2.05, 4.69) is 31.2 Å². The number of aromatic nitrogens is 2. The van der Waals surface area contributed by atoms with Crippen molar-refractivity contribution >= 4 is 33.2 Å². The second kappa shape index (κ2) is 6.69. The summed E-state index contributed by atoms with van der Waals surface area (Å²) in [5.41, 5.74) is -4.81. The van der Waals surface area contributed by atoms with Crippen LogP contribution in [0.5, 0.6) is 0 Å². The maximum absolute atomic E-state index is 13.0. The molecule has 2 aromatic rings. The molecule has 1 aromatic heterocycles. The third-order valence-corrected chi connectivity index (χ3v) is 4.43. The third kappa shape index (κ3) is 3.63. The van der Waals surface area contributed by atoms with Crippen molar-refractivity contribution in [2.45, 2.75) is 12.4 Å². The molecule has 1 aromatic carbocycles. The van der Waals surface area contributed by atoms with Crippen molar-refractivity contribution in [3.8, 4) is 0 Å². The lowest BCUT2D eigenvalue weighted by Crippen LogP contribution is -2.25. The van der Waals surface area contributed by atoms with Gasteiger partial charge in [-0.1, -0.05) is 0 Å². The Morgan fingerprint density at radius 2 is 1.46 bits per heavy atom. The average Bonchev–Trinajstić information content (AvgIpc) is 2.62. The second-order valence-corrected chi connectivity index (χ2v) is 6.34. The molecule has 146 valence electrons. The van der Waals surface area contributed by atoms with Gasteiger partial charge in [0.05, 0.1) is 21.2 Å². The molecule has 0 spiro atoms. The van der Waals surface area contributed by atoms with Crippen LogP contribution in [0.15, 0.2) is 40.9 Å². The lowest BCUT2D eigenvalue weighted by atomic mass is 9.98. The molecule has 0 unspecified atom stereocenters. The summed E-state index contributed by atoms with van der Waals surface area (Å²) in [7, 11) is 0. The van der Waals surface area contributed by atoms with Gasteiger partial charge in [-0.3, -0.25) is 9.59 Å². The lowest BCUT2D eigenvalue weighted by Gasteiger charge is -2.20. The zero-order valence-electron chi connectivity index (χ0n) is 13.2. The zero-order chi connectivity index (χ0) is 20.9. The molecular weight excluding hydrogens is 460 g/mol. The largest absolute Gasteiger partial charge is 0.416 e. The average molecular weight is 466 g/mol. The number of anilines is 1. The van der Waals surface area contributed by atoms with Gasteiger partial charge in [0.15, 0.2) is 0 Å². The Labute approximate surface area is 160 Å². The fourth-order valence-corrected chi connectivity index (χ4v) is 2.88. The number of ketones is 2. The smallest absolute Gasteiger partial charge is 0.351 e. The number of nitrogens with one attached hydrogen (secondary N) is 1. The van der Waals surface area contributed by atoms with Gasteiger partial charge < -0.3 is 5.32 Å². The van der Waals surface area contributed by atoms with Gasteiger partial charge in [-0.25, -0.2) is 9.97 Å². The van der Waals surface area contributed by atoms with E-state index in [1.165, 1.54) is 0 Å². The van der Waals surface area contributed by atoms with Crippen molar-refractivity contribution in [3.05, 3.63) is 63.3 Å². The molecule has 0 fully saturated rings. The molecule has 0 atom stereocenters. The predicted molar refractivity (Wildman–Crippen MR) is 86.7 cm³/mol. The monoisotopic (exact) mass is 465 g/mol. The summed E-state index contributed by atoms with van der Waals surface area (Å²) in [5, 5.41) is 2.18. The van der Waals surface area contributed by atoms with Crippen LogP contribution in [0.2, 0.25) is 0 Å². The van der Waals surface area contributed by atoms with E-state index >= 15 is 0 Å². The molecule has 12 heteroatoms. The fourth-order valence-electron chi connectivity index (χ4n) is 2.41. The van der Waals surface area contributed by atoms with E-state index < -0.39 is 46.4 Å². The maximum atomic E-state index is 13.0. The number of Topliss-reactive ketones (excluding diaryl/α,β-unsaturated/α-hetero) is 2. The second-order valence-electron chi connectivity index (χ2n) is 5.55. The number of rotatable bonds is 2. The summed E-state index contributed by atoms with van der Waals surface area (Å²) in [5.74, 6) is -1.64. The Hall–Kier alpha value is -2.76. The number of halogens is 7. The van der Waals surface area contributed by atoms with Gasteiger partial charge in [-0.15, -0.1) is 0 Å². The maximum Gasteiger partial charge on any atom is 0.416 e. The van der Waals surface area contributed by atoms with Crippen LogP contribution >= 0.6 is 15.9 Å². The summed E-state index contributed by atoms with van der Waals surface area (Å²) in [6.07, 6.45) is -8.08. The van der Waals surface area contributed by atoms with E-state index in [0.29, 0.717) is 12.1 Å². The Bertz CT molecular complexity index is 998. The predicted octanol–water partition coefficient (Wildman–Crippen LogP) is 4.61. The van der Waals surface area contributed by atoms with Crippen LogP contribution in [0.1, 0.15) is 32.0 Å².